The minimum absolute atomic E-state index is 0.0765. The second kappa shape index (κ2) is 14.8. The molecule has 0 N–H and O–H groups in total. The first kappa shape index (κ1) is 19.4. The fourth-order valence-corrected chi connectivity index (χ4v) is 1.59. The molecule has 0 radical (unpaired) electrons. The lowest BCUT2D eigenvalue weighted by molar-refractivity contribution is -0.144. The van der Waals surface area contributed by atoms with E-state index in [-0.39, 0.29) is 5.97 Å². The smallest absolute Gasteiger partial charge is 0.306 e. The molecule has 0 unspecified atom stereocenters. The summed E-state index contributed by atoms with van der Waals surface area (Å²) in [6.07, 6.45) is 21.0. The van der Waals surface area contributed by atoms with Crippen molar-refractivity contribution in [2.24, 2.45) is 5.92 Å². The average Bonchev–Trinajstić information content (AvgIpc) is 2.43. The molecule has 0 aromatic rings. The Hall–Kier alpha value is -1.57. The van der Waals surface area contributed by atoms with Crippen LogP contribution in [0.25, 0.3) is 0 Å². The summed E-state index contributed by atoms with van der Waals surface area (Å²) >= 11 is 0. The van der Waals surface area contributed by atoms with Crippen LogP contribution in [0.15, 0.2) is 48.6 Å². The van der Waals surface area contributed by atoms with Crippen LogP contribution in [0.3, 0.4) is 0 Å². The molecule has 0 amide bonds. The van der Waals surface area contributed by atoms with Crippen LogP contribution in [0, 0.1) is 5.92 Å². The van der Waals surface area contributed by atoms with Gasteiger partial charge in [0.15, 0.2) is 0 Å². The van der Waals surface area contributed by atoms with Crippen LogP contribution in [0.5, 0.6) is 0 Å². The van der Waals surface area contributed by atoms with Crippen LogP contribution in [-0.2, 0) is 9.53 Å². The van der Waals surface area contributed by atoms with Crippen molar-refractivity contribution in [1.29, 1.82) is 0 Å². The quantitative estimate of drug-likeness (QED) is 0.290. The number of esters is 1. The number of carbonyl (C=O) groups excluding carboxylic acids is 1. The van der Waals surface area contributed by atoms with Crippen LogP contribution in [0.4, 0.5) is 0 Å². The van der Waals surface area contributed by atoms with Gasteiger partial charge in [0.05, 0.1) is 6.61 Å². The molecule has 0 spiro atoms. The Morgan fingerprint density at radius 2 is 1.57 bits per heavy atom. The van der Waals surface area contributed by atoms with E-state index in [2.05, 4.69) is 31.2 Å². The van der Waals surface area contributed by atoms with E-state index >= 15 is 0 Å². The van der Waals surface area contributed by atoms with E-state index in [0.717, 1.165) is 25.7 Å². The van der Waals surface area contributed by atoms with E-state index in [1.807, 2.05) is 38.2 Å². The minimum Gasteiger partial charge on any atom is -0.466 e. The van der Waals surface area contributed by atoms with E-state index in [1.54, 1.807) is 0 Å². The first-order valence-corrected chi connectivity index (χ1v) is 7.97. The predicted molar refractivity (Wildman–Crippen MR) is 91.1 cm³/mol. The number of hydrogen-bond acceptors (Lipinski definition) is 2. The molecule has 0 aromatic heterocycles. The first-order chi connectivity index (χ1) is 10.2. The summed E-state index contributed by atoms with van der Waals surface area (Å²) in [4.78, 5) is 11.3. The fraction of sp³-hybridized carbons (Fsp3) is 0.526. The Kier molecular flexibility index (Phi) is 13.7. The highest BCUT2D eigenvalue weighted by Gasteiger charge is 2.04. The normalized spacial score (nSPS) is 12.6. The maximum absolute atomic E-state index is 11.3. The van der Waals surface area contributed by atoms with E-state index in [4.69, 9.17) is 4.74 Å². The highest BCUT2D eigenvalue weighted by molar-refractivity contribution is 5.69. The summed E-state index contributed by atoms with van der Waals surface area (Å²) in [7, 11) is 0. The third-order valence-corrected chi connectivity index (χ3v) is 2.67. The van der Waals surface area contributed by atoms with Crippen LogP contribution >= 0.6 is 0 Å². The number of hydrogen-bond donors (Lipinski definition) is 0. The van der Waals surface area contributed by atoms with E-state index in [9.17, 15) is 4.79 Å². The van der Waals surface area contributed by atoms with Crippen LogP contribution in [0.1, 0.15) is 52.9 Å². The first-order valence-electron chi connectivity index (χ1n) is 7.97. The van der Waals surface area contributed by atoms with Crippen LogP contribution < -0.4 is 0 Å². The van der Waals surface area contributed by atoms with Crippen molar-refractivity contribution in [3.8, 4) is 0 Å². The maximum atomic E-state index is 11.3. The number of unbranched alkanes of at least 4 members (excludes halogenated alkanes) is 2. The Bertz CT molecular complexity index is 360. The fourth-order valence-electron chi connectivity index (χ4n) is 1.59. The molecule has 2 heteroatoms. The van der Waals surface area contributed by atoms with E-state index < -0.39 is 0 Å². The summed E-state index contributed by atoms with van der Waals surface area (Å²) in [5, 5.41) is 0. The molecule has 2 nitrogen and oxygen atoms in total. The monoisotopic (exact) mass is 290 g/mol. The van der Waals surface area contributed by atoms with Crippen molar-refractivity contribution >= 4 is 5.97 Å². The van der Waals surface area contributed by atoms with Gasteiger partial charge in [-0.1, -0.05) is 69.4 Å². The highest BCUT2D eigenvalue weighted by atomic mass is 16.5. The number of rotatable bonds is 11. The van der Waals surface area contributed by atoms with Gasteiger partial charge >= 0.3 is 5.97 Å². The van der Waals surface area contributed by atoms with E-state index in [1.165, 1.54) is 0 Å². The summed E-state index contributed by atoms with van der Waals surface area (Å²) in [5.41, 5.74) is 0. The summed E-state index contributed by atoms with van der Waals surface area (Å²) in [6.45, 7) is 6.71. The molecular formula is C19H30O2. The summed E-state index contributed by atoms with van der Waals surface area (Å²) in [5.74, 6) is 0.297. The largest absolute Gasteiger partial charge is 0.466 e. The summed E-state index contributed by atoms with van der Waals surface area (Å²) < 4.78 is 5.15. The van der Waals surface area contributed by atoms with Crippen molar-refractivity contribution in [2.75, 3.05) is 6.61 Å². The SMILES string of the molecule is CCC=CC=CC=CC=CCCCCOC(=O)CC(C)C. The zero-order chi connectivity index (χ0) is 15.8. The third kappa shape index (κ3) is 16.4. The van der Waals surface area contributed by atoms with Gasteiger partial charge in [-0.15, -0.1) is 0 Å². The van der Waals surface area contributed by atoms with Gasteiger partial charge < -0.3 is 4.74 Å². The van der Waals surface area contributed by atoms with Crippen molar-refractivity contribution < 1.29 is 9.53 Å². The second-order valence-electron chi connectivity index (χ2n) is 5.35. The zero-order valence-corrected chi connectivity index (χ0v) is 13.8. The van der Waals surface area contributed by atoms with Gasteiger partial charge in [-0.25, -0.2) is 0 Å². The third-order valence-electron chi connectivity index (χ3n) is 2.67. The molecule has 0 aliphatic rings. The molecular weight excluding hydrogens is 260 g/mol. The van der Waals surface area contributed by atoms with Crippen molar-refractivity contribution in [3.05, 3.63) is 48.6 Å². The Balaban J connectivity index is 3.48. The number of ether oxygens (including phenoxy) is 1. The molecule has 0 fully saturated rings. The Morgan fingerprint density at radius 1 is 0.952 bits per heavy atom. The molecule has 0 aliphatic heterocycles. The van der Waals surface area contributed by atoms with E-state index in [0.29, 0.717) is 18.9 Å². The maximum Gasteiger partial charge on any atom is 0.306 e. The molecule has 0 bridgehead atoms. The zero-order valence-electron chi connectivity index (χ0n) is 13.8. The standard InChI is InChI=1S/C19H30O2/c1-4-5-6-7-8-9-10-11-12-13-14-15-16-21-19(20)17-18(2)3/h5-12,18H,4,13-17H2,1-3H3. The van der Waals surface area contributed by atoms with Crippen LogP contribution in [-0.4, -0.2) is 12.6 Å². The molecule has 0 atom stereocenters. The lowest BCUT2D eigenvalue weighted by Crippen LogP contribution is -2.08. The van der Waals surface area contributed by atoms with Crippen molar-refractivity contribution in [1.82, 2.24) is 0 Å². The molecule has 21 heavy (non-hydrogen) atoms. The minimum atomic E-state index is -0.0765. The molecule has 118 valence electrons. The lowest BCUT2D eigenvalue weighted by atomic mass is 10.1. The van der Waals surface area contributed by atoms with Gasteiger partial charge in [0.25, 0.3) is 0 Å². The second-order valence-corrected chi connectivity index (χ2v) is 5.35. The van der Waals surface area contributed by atoms with Crippen molar-refractivity contribution in [3.63, 3.8) is 0 Å². The molecule has 0 saturated carbocycles. The molecule has 0 aromatic carbocycles. The molecule has 0 rings (SSSR count). The topological polar surface area (TPSA) is 26.3 Å². The summed E-state index contributed by atoms with van der Waals surface area (Å²) in [6, 6.07) is 0. The predicted octanol–water partition coefficient (Wildman–Crippen LogP) is 5.38. The van der Waals surface area contributed by atoms with Gasteiger partial charge in [-0.3, -0.25) is 4.79 Å². The van der Waals surface area contributed by atoms with Gasteiger partial charge in [0, 0.05) is 6.42 Å². The number of carbonyl (C=O) groups is 1. The average molecular weight is 290 g/mol. The van der Waals surface area contributed by atoms with Gasteiger partial charge in [-0.2, -0.15) is 0 Å². The molecule has 0 saturated heterocycles. The lowest BCUT2D eigenvalue weighted by Gasteiger charge is -2.05. The molecule has 0 aliphatic carbocycles. The highest BCUT2D eigenvalue weighted by Crippen LogP contribution is 2.03. The van der Waals surface area contributed by atoms with Crippen LogP contribution in [0.2, 0.25) is 0 Å². The van der Waals surface area contributed by atoms with Gasteiger partial charge in [-0.05, 0) is 31.6 Å². The van der Waals surface area contributed by atoms with Gasteiger partial charge in [0.1, 0.15) is 0 Å². The Morgan fingerprint density at radius 3 is 2.19 bits per heavy atom. The Labute approximate surface area is 130 Å². The van der Waals surface area contributed by atoms with Crippen molar-refractivity contribution in [2.45, 2.75) is 52.9 Å². The number of allylic oxidation sites excluding steroid dienone is 8. The molecule has 0 heterocycles. The van der Waals surface area contributed by atoms with Gasteiger partial charge in [0.2, 0.25) is 0 Å².